The maximum atomic E-state index is 5.94. The van der Waals surface area contributed by atoms with Gasteiger partial charge in [-0.05, 0) is 58.4 Å². The molecule has 0 aliphatic rings. The van der Waals surface area contributed by atoms with E-state index in [1.54, 1.807) is 0 Å². The van der Waals surface area contributed by atoms with Crippen LogP contribution in [0.4, 0.5) is 5.69 Å². The van der Waals surface area contributed by atoms with Crippen molar-refractivity contribution in [1.82, 2.24) is 4.57 Å². The molecule has 0 radical (unpaired) electrons. The van der Waals surface area contributed by atoms with Crippen molar-refractivity contribution in [3.05, 3.63) is 46.3 Å². The zero-order chi connectivity index (χ0) is 17.7. The van der Waals surface area contributed by atoms with Crippen LogP contribution in [0, 0.1) is 0 Å². The molecule has 0 bridgehead atoms. The van der Waals surface area contributed by atoms with Gasteiger partial charge < -0.3 is 9.32 Å². The second-order valence-electron chi connectivity index (χ2n) is 6.07. The third-order valence-corrected chi connectivity index (χ3v) is 4.05. The van der Waals surface area contributed by atoms with Crippen LogP contribution in [0.25, 0.3) is 12.7 Å². The van der Waals surface area contributed by atoms with Crippen LogP contribution < -0.4 is 21.3 Å². The summed E-state index contributed by atoms with van der Waals surface area (Å²) in [5.74, 6) is 0. The van der Waals surface area contributed by atoms with Crippen LogP contribution in [0.2, 0.25) is 0 Å². The van der Waals surface area contributed by atoms with Gasteiger partial charge in [-0.25, -0.2) is 4.99 Å². The molecule has 0 unspecified atom stereocenters. The third-order valence-electron chi connectivity index (χ3n) is 4.05. The molecular formula is C20H29N3O. The third kappa shape index (κ3) is 3.99. The van der Waals surface area contributed by atoms with Crippen LogP contribution in [-0.2, 0) is 6.54 Å². The minimum atomic E-state index is 0.189. The number of oxazole rings is 1. The molecular weight excluding hydrogens is 298 g/mol. The second-order valence-corrected chi connectivity index (χ2v) is 6.07. The normalized spacial score (nSPS) is 13.1. The number of hydrogen-bond acceptors (Lipinski definition) is 3. The molecule has 0 fully saturated rings. The van der Waals surface area contributed by atoms with Crippen molar-refractivity contribution in [2.75, 3.05) is 18.0 Å². The maximum absolute atomic E-state index is 5.94. The number of anilines is 1. The lowest BCUT2D eigenvalue weighted by atomic mass is 10.2. The van der Waals surface area contributed by atoms with Crippen molar-refractivity contribution in [2.45, 2.75) is 47.2 Å². The Morgan fingerprint density at radius 2 is 1.79 bits per heavy atom. The summed E-state index contributed by atoms with van der Waals surface area (Å²) in [5.41, 5.74) is 3.75. The highest BCUT2D eigenvalue weighted by atomic mass is 16.3. The molecule has 1 aromatic heterocycles. The second kappa shape index (κ2) is 8.04. The molecule has 2 rings (SSSR count). The van der Waals surface area contributed by atoms with Crippen molar-refractivity contribution in [2.24, 2.45) is 4.99 Å². The predicted molar refractivity (Wildman–Crippen MR) is 101 cm³/mol. The summed E-state index contributed by atoms with van der Waals surface area (Å²) in [6.45, 7) is 17.5. The molecule has 0 spiro atoms. The van der Waals surface area contributed by atoms with Crippen molar-refractivity contribution in [3.63, 3.8) is 0 Å². The molecule has 0 amide bonds. The predicted octanol–water partition coefficient (Wildman–Crippen LogP) is 2.50. The highest BCUT2D eigenvalue weighted by molar-refractivity contribution is 5.55. The zero-order valence-electron chi connectivity index (χ0n) is 15.5. The Morgan fingerprint density at radius 1 is 1.17 bits per heavy atom. The lowest BCUT2D eigenvalue weighted by Gasteiger charge is -2.20. The lowest BCUT2D eigenvalue weighted by molar-refractivity contribution is 0.432. The van der Waals surface area contributed by atoms with Gasteiger partial charge in [0.15, 0.2) is 5.42 Å². The molecule has 0 saturated heterocycles. The molecule has 130 valence electrons. The Kier molecular flexibility index (Phi) is 6.07. The van der Waals surface area contributed by atoms with Gasteiger partial charge in [-0.3, -0.25) is 4.57 Å². The van der Waals surface area contributed by atoms with E-state index in [1.165, 1.54) is 5.69 Å². The van der Waals surface area contributed by atoms with Crippen LogP contribution in [0.3, 0.4) is 0 Å². The van der Waals surface area contributed by atoms with E-state index in [2.05, 4.69) is 61.5 Å². The molecule has 0 atom stereocenters. The monoisotopic (exact) mass is 327 g/mol. The average molecular weight is 327 g/mol. The SMILES string of the molecule is C=c1/c(=C\c2ccc(N(CC)CC)cc2)oc(=NC(C)C)n1CC. The van der Waals surface area contributed by atoms with Crippen molar-refractivity contribution in [3.8, 4) is 0 Å². The highest BCUT2D eigenvalue weighted by Crippen LogP contribution is 2.14. The van der Waals surface area contributed by atoms with Gasteiger partial charge in [-0.2, -0.15) is 0 Å². The van der Waals surface area contributed by atoms with Crippen molar-refractivity contribution < 1.29 is 4.42 Å². The molecule has 2 aromatic rings. The maximum Gasteiger partial charge on any atom is 0.297 e. The Hall–Kier alpha value is -2.23. The van der Waals surface area contributed by atoms with Gasteiger partial charge in [0, 0.05) is 31.4 Å². The Bertz CT molecular complexity index is 821. The topological polar surface area (TPSA) is 33.7 Å². The molecule has 0 aliphatic heterocycles. The summed E-state index contributed by atoms with van der Waals surface area (Å²) in [4.78, 5) is 6.87. The molecule has 4 nitrogen and oxygen atoms in total. The van der Waals surface area contributed by atoms with Gasteiger partial charge in [0.2, 0.25) is 0 Å². The molecule has 0 aliphatic carbocycles. The van der Waals surface area contributed by atoms with Gasteiger partial charge in [-0.15, -0.1) is 0 Å². The fourth-order valence-electron chi connectivity index (χ4n) is 2.74. The fourth-order valence-corrected chi connectivity index (χ4v) is 2.74. The summed E-state index contributed by atoms with van der Waals surface area (Å²) in [6, 6.07) is 8.72. The van der Waals surface area contributed by atoms with E-state index >= 15 is 0 Å². The Morgan fingerprint density at radius 3 is 2.29 bits per heavy atom. The first kappa shape index (κ1) is 18.1. The minimum absolute atomic E-state index is 0.189. The summed E-state index contributed by atoms with van der Waals surface area (Å²) in [5, 5.41) is 0.865. The number of aromatic nitrogens is 1. The minimum Gasteiger partial charge on any atom is -0.424 e. The van der Waals surface area contributed by atoms with Gasteiger partial charge in [0.1, 0.15) is 0 Å². The molecule has 1 aromatic carbocycles. The van der Waals surface area contributed by atoms with E-state index in [9.17, 15) is 0 Å². The van der Waals surface area contributed by atoms with Gasteiger partial charge >= 0.3 is 0 Å². The summed E-state index contributed by atoms with van der Waals surface area (Å²) in [7, 11) is 0. The van der Waals surface area contributed by atoms with Gasteiger partial charge in [0.25, 0.3) is 5.68 Å². The standard InChI is InChI=1S/C20H29N3O/c1-7-22(8-2)18-12-10-17(11-13-18)14-19-16(6)23(9-3)20(24-19)21-15(4)5/h10-15H,6-9H2,1-5H3/b19-14+,21-20?. The quantitative estimate of drug-likeness (QED) is 0.817. The van der Waals surface area contributed by atoms with Crippen LogP contribution in [0.15, 0.2) is 33.7 Å². The van der Waals surface area contributed by atoms with Gasteiger partial charge in [-0.1, -0.05) is 18.7 Å². The van der Waals surface area contributed by atoms with Crippen molar-refractivity contribution >= 4 is 18.3 Å². The largest absolute Gasteiger partial charge is 0.424 e. The first-order chi connectivity index (χ1) is 11.5. The highest BCUT2D eigenvalue weighted by Gasteiger charge is 2.03. The van der Waals surface area contributed by atoms with E-state index < -0.39 is 0 Å². The number of benzene rings is 1. The summed E-state index contributed by atoms with van der Waals surface area (Å²) < 4.78 is 7.95. The van der Waals surface area contributed by atoms with Crippen LogP contribution in [0.5, 0.6) is 0 Å². The van der Waals surface area contributed by atoms with E-state index in [0.29, 0.717) is 5.68 Å². The number of hydrogen-bond donors (Lipinski definition) is 0. The molecule has 4 heteroatoms. The lowest BCUT2D eigenvalue weighted by Crippen LogP contribution is -2.31. The number of nitrogens with zero attached hydrogens (tertiary/aromatic N) is 3. The first-order valence-electron chi connectivity index (χ1n) is 8.79. The molecule has 24 heavy (non-hydrogen) atoms. The van der Waals surface area contributed by atoms with E-state index in [1.807, 2.05) is 24.5 Å². The Balaban J connectivity index is 2.45. The average Bonchev–Trinajstić information content (AvgIpc) is 2.84. The Labute approximate surface area is 144 Å². The summed E-state index contributed by atoms with van der Waals surface area (Å²) in [6.07, 6.45) is 2.03. The van der Waals surface area contributed by atoms with Crippen LogP contribution >= 0.6 is 0 Å². The number of rotatable bonds is 6. The van der Waals surface area contributed by atoms with Gasteiger partial charge in [0.05, 0.1) is 5.35 Å². The first-order valence-corrected chi connectivity index (χ1v) is 8.79. The van der Waals surface area contributed by atoms with E-state index in [-0.39, 0.29) is 6.04 Å². The molecule has 0 N–H and O–H groups in total. The van der Waals surface area contributed by atoms with E-state index in [0.717, 1.165) is 36.0 Å². The van der Waals surface area contributed by atoms with E-state index in [4.69, 9.17) is 4.42 Å². The fraction of sp³-hybridized carbons (Fsp3) is 0.450. The smallest absolute Gasteiger partial charge is 0.297 e. The zero-order valence-corrected chi connectivity index (χ0v) is 15.5. The van der Waals surface area contributed by atoms with Crippen LogP contribution in [0.1, 0.15) is 40.2 Å². The molecule has 0 saturated carbocycles. The summed E-state index contributed by atoms with van der Waals surface area (Å²) >= 11 is 0. The van der Waals surface area contributed by atoms with Crippen molar-refractivity contribution in [1.29, 1.82) is 0 Å². The van der Waals surface area contributed by atoms with Crippen LogP contribution in [-0.4, -0.2) is 23.7 Å². The molecule has 1 heterocycles.